The summed E-state index contributed by atoms with van der Waals surface area (Å²) in [5.41, 5.74) is 0.755. The Morgan fingerprint density at radius 2 is 1.77 bits per heavy atom. The predicted molar refractivity (Wildman–Crippen MR) is 162 cm³/mol. The summed E-state index contributed by atoms with van der Waals surface area (Å²) in [6.07, 6.45) is -0.658. The molecule has 43 heavy (non-hydrogen) atoms. The lowest BCUT2D eigenvalue weighted by Crippen LogP contribution is -2.57. The first-order valence-electron chi connectivity index (χ1n) is 13.9. The topological polar surface area (TPSA) is 106 Å². The predicted octanol–water partition coefficient (Wildman–Crippen LogP) is 6.58. The van der Waals surface area contributed by atoms with Gasteiger partial charge in [0.05, 0.1) is 12.6 Å². The van der Waals surface area contributed by atoms with Crippen molar-refractivity contribution in [1.29, 1.82) is 0 Å². The summed E-state index contributed by atoms with van der Waals surface area (Å²) in [6, 6.07) is 13.5. The Bertz CT molecular complexity index is 1610. The van der Waals surface area contributed by atoms with Crippen LogP contribution in [0.5, 0.6) is 5.75 Å². The second-order valence-corrected chi connectivity index (χ2v) is 12.6. The van der Waals surface area contributed by atoms with Crippen LogP contribution in [-0.4, -0.2) is 36.7 Å². The molecule has 3 N–H and O–H groups in total. The molecule has 2 heterocycles. The molecular formula is C32H32Cl2FN3O5. The van der Waals surface area contributed by atoms with E-state index in [-0.39, 0.29) is 31.4 Å². The number of hydrogen-bond acceptors (Lipinski definition) is 5. The molecule has 3 atom stereocenters. The van der Waals surface area contributed by atoms with Crippen LogP contribution in [0, 0.1) is 12.7 Å². The van der Waals surface area contributed by atoms with E-state index in [0.29, 0.717) is 43.7 Å². The number of piperidine rings is 1. The van der Waals surface area contributed by atoms with Crippen molar-refractivity contribution in [2.75, 3.05) is 18.5 Å². The van der Waals surface area contributed by atoms with Gasteiger partial charge in [-0.1, -0.05) is 35.3 Å². The van der Waals surface area contributed by atoms with Crippen molar-refractivity contribution in [2.45, 2.75) is 57.1 Å². The van der Waals surface area contributed by atoms with Crippen LogP contribution < -0.4 is 20.7 Å². The summed E-state index contributed by atoms with van der Waals surface area (Å²) >= 11 is 12.8. The first-order chi connectivity index (χ1) is 20.3. The number of halogens is 3. The quantitative estimate of drug-likeness (QED) is 0.268. The molecule has 8 nitrogen and oxygen atoms in total. The number of carbonyl (C=O) groups is 3. The molecule has 0 aliphatic carbocycles. The number of amides is 3. The van der Waals surface area contributed by atoms with E-state index in [0.717, 1.165) is 0 Å². The van der Waals surface area contributed by atoms with E-state index in [2.05, 4.69) is 16.0 Å². The van der Waals surface area contributed by atoms with Crippen molar-refractivity contribution in [3.05, 3.63) is 92.7 Å². The minimum absolute atomic E-state index is 0.0740. The van der Waals surface area contributed by atoms with Crippen LogP contribution in [0.25, 0.3) is 0 Å². The summed E-state index contributed by atoms with van der Waals surface area (Å²) in [5, 5.41) is 9.42. The Kier molecular flexibility index (Phi) is 8.33. The van der Waals surface area contributed by atoms with Crippen molar-refractivity contribution >= 4 is 46.8 Å². The third-order valence-electron chi connectivity index (χ3n) is 7.68. The molecule has 3 amide bonds. The molecule has 0 unspecified atom stereocenters. The van der Waals surface area contributed by atoms with Gasteiger partial charge in [-0.3, -0.25) is 9.59 Å². The van der Waals surface area contributed by atoms with Gasteiger partial charge in [-0.05, 0) is 86.8 Å². The van der Waals surface area contributed by atoms with Crippen LogP contribution in [0.2, 0.25) is 10.0 Å². The van der Waals surface area contributed by atoms with E-state index in [1.54, 1.807) is 70.2 Å². The summed E-state index contributed by atoms with van der Waals surface area (Å²) in [7, 11) is 0. The maximum Gasteiger partial charge on any atom is 0.407 e. The smallest absolute Gasteiger partial charge is 0.407 e. The molecule has 2 aliphatic heterocycles. The number of ether oxygens (including phenoxy) is 2. The van der Waals surface area contributed by atoms with Crippen molar-refractivity contribution in [3.63, 3.8) is 0 Å². The summed E-state index contributed by atoms with van der Waals surface area (Å²) in [4.78, 5) is 39.8. The number of anilines is 1. The highest BCUT2D eigenvalue weighted by Crippen LogP contribution is 2.59. The third kappa shape index (κ3) is 6.01. The van der Waals surface area contributed by atoms with Crippen LogP contribution in [0.15, 0.2) is 54.6 Å². The molecule has 5 rings (SSSR count). The highest BCUT2D eigenvalue weighted by molar-refractivity contribution is 6.31. The molecule has 2 aliphatic rings. The fourth-order valence-corrected chi connectivity index (χ4v) is 6.35. The molecule has 0 saturated carbocycles. The monoisotopic (exact) mass is 627 g/mol. The minimum Gasteiger partial charge on any atom is -0.491 e. The first kappa shape index (κ1) is 30.6. The van der Waals surface area contributed by atoms with Crippen molar-refractivity contribution in [1.82, 2.24) is 10.6 Å². The summed E-state index contributed by atoms with van der Waals surface area (Å²) in [6.45, 7) is 7.32. The highest BCUT2D eigenvalue weighted by atomic mass is 35.5. The van der Waals surface area contributed by atoms with E-state index < -0.39 is 34.9 Å². The van der Waals surface area contributed by atoms with Crippen LogP contribution in [0.3, 0.4) is 0 Å². The Balaban J connectivity index is 1.60. The summed E-state index contributed by atoms with van der Waals surface area (Å²) < 4.78 is 26.1. The zero-order chi connectivity index (χ0) is 31.1. The number of carbonyl (C=O) groups excluding carboxylic acids is 3. The molecule has 11 heteroatoms. The van der Waals surface area contributed by atoms with Crippen molar-refractivity contribution in [3.8, 4) is 5.75 Å². The molecule has 1 fully saturated rings. The van der Waals surface area contributed by atoms with E-state index in [9.17, 15) is 18.8 Å². The second-order valence-electron chi connectivity index (χ2n) is 11.7. The van der Waals surface area contributed by atoms with Crippen LogP contribution in [-0.2, 0) is 19.7 Å². The van der Waals surface area contributed by atoms with Gasteiger partial charge in [-0.2, -0.15) is 0 Å². The lowest BCUT2D eigenvalue weighted by atomic mass is 9.59. The fourth-order valence-electron chi connectivity index (χ4n) is 5.99. The molecule has 0 radical (unpaired) electrons. The van der Waals surface area contributed by atoms with Crippen molar-refractivity contribution < 1.29 is 28.2 Å². The number of hydrogen-bond donors (Lipinski definition) is 3. The van der Waals surface area contributed by atoms with Gasteiger partial charge < -0.3 is 25.4 Å². The lowest BCUT2D eigenvalue weighted by Gasteiger charge is -2.47. The number of fused-ring (bicyclic) bond motifs is 2. The Morgan fingerprint density at radius 3 is 2.51 bits per heavy atom. The van der Waals surface area contributed by atoms with Gasteiger partial charge in [0, 0.05) is 33.6 Å². The average Bonchev–Trinajstić information content (AvgIpc) is 3.19. The van der Waals surface area contributed by atoms with E-state index in [4.69, 9.17) is 32.7 Å². The zero-order valence-corrected chi connectivity index (χ0v) is 25.7. The van der Waals surface area contributed by atoms with Gasteiger partial charge >= 0.3 is 6.09 Å². The van der Waals surface area contributed by atoms with Gasteiger partial charge in [0.25, 0.3) is 0 Å². The highest BCUT2D eigenvalue weighted by Gasteiger charge is 2.61. The normalized spacial score (nSPS) is 21.2. The molecule has 3 aromatic carbocycles. The number of aryl methyl sites for hydroxylation is 1. The molecular weight excluding hydrogens is 596 g/mol. The fraction of sp³-hybridized carbons (Fsp3) is 0.344. The Morgan fingerprint density at radius 1 is 1.05 bits per heavy atom. The molecule has 226 valence electrons. The number of alkyl carbamates (subject to hydrolysis) is 1. The molecule has 1 saturated heterocycles. The molecule has 0 bridgehead atoms. The summed E-state index contributed by atoms with van der Waals surface area (Å²) in [5.74, 6) is -1.58. The average molecular weight is 629 g/mol. The number of benzene rings is 3. The van der Waals surface area contributed by atoms with Crippen LogP contribution in [0.4, 0.5) is 14.9 Å². The Hall–Kier alpha value is -3.82. The van der Waals surface area contributed by atoms with E-state index in [1.165, 1.54) is 12.1 Å². The molecule has 3 aromatic rings. The van der Waals surface area contributed by atoms with Crippen molar-refractivity contribution in [2.24, 2.45) is 0 Å². The number of nitrogens with one attached hydrogen (secondary N) is 3. The van der Waals surface area contributed by atoms with Crippen LogP contribution >= 0.6 is 23.2 Å². The van der Waals surface area contributed by atoms with E-state index >= 15 is 0 Å². The van der Waals surface area contributed by atoms with Gasteiger partial charge in [0.1, 0.15) is 29.2 Å². The lowest BCUT2D eigenvalue weighted by molar-refractivity contribution is -0.131. The maximum absolute atomic E-state index is 14.7. The maximum atomic E-state index is 14.7. The Labute approximate surface area is 259 Å². The third-order valence-corrected chi connectivity index (χ3v) is 8.15. The first-order valence-corrected chi connectivity index (χ1v) is 14.6. The van der Waals surface area contributed by atoms with Gasteiger partial charge in [-0.15, -0.1) is 0 Å². The van der Waals surface area contributed by atoms with Gasteiger partial charge in [0.15, 0.2) is 0 Å². The minimum atomic E-state index is -1.41. The standard InChI is InChI=1S/C32H32Cl2FN3O5/c1-17-5-8-20(35)15-21(17)28-32(23-9-6-19(34)14-25(23)37-29(32)40)24(16-27(39)38-28)22-13-18(33)7-10-26(22)42-12-11-36-30(41)43-31(2,3)4/h5-10,13-15,24,28H,11-12,16H2,1-4H3,(H,36,41)(H,37,40)(H,38,39)/t24-,28+,32-/m0/s1. The van der Waals surface area contributed by atoms with Crippen LogP contribution in [0.1, 0.15) is 61.4 Å². The second kappa shape index (κ2) is 11.7. The van der Waals surface area contributed by atoms with E-state index in [1.807, 2.05) is 0 Å². The molecule has 1 spiro atoms. The van der Waals surface area contributed by atoms with Gasteiger partial charge in [-0.25, -0.2) is 9.18 Å². The SMILES string of the molecule is Cc1ccc(F)cc1[C@H]1NC(=O)C[C@@H](c2cc(Cl)ccc2OCCNC(=O)OC(C)(C)C)[C@]12C(=O)Nc1cc(Cl)ccc12. The van der Waals surface area contributed by atoms with Gasteiger partial charge in [0.2, 0.25) is 11.8 Å². The molecule has 0 aromatic heterocycles. The zero-order valence-electron chi connectivity index (χ0n) is 24.1. The largest absolute Gasteiger partial charge is 0.491 e. The number of rotatable bonds is 6.